The lowest BCUT2D eigenvalue weighted by Gasteiger charge is -2.44. The van der Waals surface area contributed by atoms with E-state index in [1.54, 1.807) is 0 Å². The average Bonchev–Trinajstić information content (AvgIpc) is 2.50. The van der Waals surface area contributed by atoms with Gasteiger partial charge in [-0.25, -0.2) is 0 Å². The number of aliphatic hydroxyl groups is 2. The van der Waals surface area contributed by atoms with Crippen molar-refractivity contribution in [3.63, 3.8) is 0 Å². The molecule has 126 valence electrons. The number of rotatable bonds is 8. The third-order valence-electron chi connectivity index (χ3n) is 4.44. The van der Waals surface area contributed by atoms with Crippen molar-refractivity contribution in [2.75, 3.05) is 0 Å². The van der Waals surface area contributed by atoms with Crippen molar-refractivity contribution in [1.82, 2.24) is 4.90 Å². The van der Waals surface area contributed by atoms with Gasteiger partial charge in [-0.05, 0) is 50.7 Å². The van der Waals surface area contributed by atoms with Crippen LogP contribution in [0.3, 0.4) is 0 Å². The van der Waals surface area contributed by atoms with Gasteiger partial charge in [0.05, 0.1) is 12.5 Å². The van der Waals surface area contributed by atoms with Crippen LogP contribution in [0.1, 0.15) is 56.7 Å². The van der Waals surface area contributed by atoms with Gasteiger partial charge in [0, 0.05) is 6.04 Å². The van der Waals surface area contributed by atoms with E-state index in [0.717, 1.165) is 19.3 Å². The minimum absolute atomic E-state index is 0.135. The summed E-state index contributed by atoms with van der Waals surface area (Å²) in [4.78, 5) is 13.8. The van der Waals surface area contributed by atoms with Crippen molar-refractivity contribution in [2.45, 2.75) is 64.3 Å². The summed E-state index contributed by atoms with van der Waals surface area (Å²) in [7, 11) is 0. The van der Waals surface area contributed by atoms with Gasteiger partial charge in [0.1, 0.15) is 0 Å². The second-order valence-electron chi connectivity index (χ2n) is 6.26. The van der Waals surface area contributed by atoms with Gasteiger partial charge in [0.2, 0.25) is 5.91 Å². The van der Waals surface area contributed by atoms with Crippen molar-refractivity contribution >= 4 is 5.91 Å². The Kier molecular flexibility index (Phi) is 6.37. The van der Waals surface area contributed by atoms with E-state index in [2.05, 4.69) is 24.3 Å². The molecule has 1 aliphatic heterocycles. The van der Waals surface area contributed by atoms with Crippen molar-refractivity contribution in [2.24, 2.45) is 0 Å². The second-order valence-corrected chi connectivity index (χ2v) is 6.26. The Balaban J connectivity index is 1.90. The topological polar surface area (TPSA) is 60.8 Å². The number of hydrogen-bond donors (Lipinski definition) is 2. The Morgan fingerprint density at radius 1 is 1.26 bits per heavy atom. The van der Waals surface area contributed by atoms with Crippen LogP contribution in [0.15, 0.2) is 36.4 Å². The van der Waals surface area contributed by atoms with E-state index in [-0.39, 0.29) is 18.0 Å². The number of aryl methyl sites for hydroxylation is 1. The highest BCUT2D eigenvalue weighted by atomic mass is 16.5. The van der Waals surface area contributed by atoms with Gasteiger partial charge in [0.25, 0.3) is 0 Å². The third kappa shape index (κ3) is 4.66. The van der Waals surface area contributed by atoms with Crippen molar-refractivity contribution in [3.05, 3.63) is 47.5 Å². The van der Waals surface area contributed by atoms with E-state index in [4.69, 9.17) is 10.2 Å². The van der Waals surface area contributed by atoms with Crippen LogP contribution in [0.5, 0.6) is 0 Å². The second kappa shape index (κ2) is 8.27. The molecule has 2 rings (SSSR count). The number of allylic oxidation sites excluding steroid dienone is 1. The summed E-state index contributed by atoms with van der Waals surface area (Å²) in [5.41, 5.74) is 2.44. The molecule has 1 aromatic rings. The van der Waals surface area contributed by atoms with Crippen LogP contribution < -0.4 is 0 Å². The van der Waals surface area contributed by atoms with E-state index in [1.807, 2.05) is 30.9 Å². The number of likely N-dealkylation sites (tertiary alicyclic amines) is 1. The van der Waals surface area contributed by atoms with Crippen molar-refractivity contribution in [1.29, 1.82) is 0 Å². The number of nitrogens with zero attached hydrogens (tertiary/aromatic N) is 1. The van der Waals surface area contributed by atoms with Crippen LogP contribution in [0.25, 0.3) is 0 Å². The van der Waals surface area contributed by atoms with Gasteiger partial charge in [-0.1, -0.05) is 36.4 Å². The number of amides is 1. The smallest absolute Gasteiger partial charge is 0.226 e. The lowest BCUT2D eigenvalue weighted by atomic mass is 9.91. The molecule has 23 heavy (non-hydrogen) atoms. The summed E-state index contributed by atoms with van der Waals surface area (Å²) < 4.78 is 0. The number of hydrogen-bond acceptors (Lipinski definition) is 3. The molecule has 1 fully saturated rings. The summed E-state index contributed by atoms with van der Waals surface area (Å²) in [5, 5.41) is 17.7. The summed E-state index contributed by atoms with van der Waals surface area (Å²) in [6.07, 6.45) is 6.56. The number of carbonyl (C=O) groups excluding carboxylic acids is 1. The Morgan fingerprint density at radius 2 is 1.96 bits per heavy atom. The monoisotopic (exact) mass is 317 g/mol. The molecule has 0 bridgehead atoms. The molecule has 1 saturated heterocycles. The fourth-order valence-corrected chi connectivity index (χ4v) is 3.15. The van der Waals surface area contributed by atoms with Gasteiger partial charge in [0.15, 0.2) is 6.29 Å². The molecule has 1 aromatic carbocycles. The molecule has 4 nitrogen and oxygen atoms in total. The summed E-state index contributed by atoms with van der Waals surface area (Å²) >= 11 is 0. The summed E-state index contributed by atoms with van der Waals surface area (Å²) in [6, 6.07) is 8.78. The fraction of sp³-hybridized carbons (Fsp3) is 0.526. The fourth-order valence-electron chi connectivity index (χ4n) is 3.15. The third-order valence-corrected chi connectivity index (χ3v) is 4.44. The molecule has 0 radical (unpaired) electrons. The Morgan fingerprint density at radius 3 is 2.52 bits per heavy atom. The number of aliphatic hydroxyl groups excluding tert-OH is 1. The molecular formula is C19H27NO3. The van der Waals surface area contributed by atoms with Gasteiger partial charge in [-0.15, -0.1) is 0 Å². The Bertz CT molecular complexity index is 536. The first-order chi connectivity index (χ1) is 11.0. The lowest BCUT2D eigenvalue weighted by molar-refractivity contribution is -0.148. The Hall–Kier alpha value is -1.65. The summed E-state index contributed by atoms with van der Waals surface area (Å²) in [5.74, 6) is 0.215. The predicted octanol–water partition coefficient (Wildman–Crippen LogP) is 2.95. The molecule has 4 heteroatoms. The standard InChI is InChI=1S/C19H27NO3/c1-3-6-14(2)20-17(13-18(20)21)16-11-9-15(10-12-16)7-4-5-8-19(22)23/h3,6,9-12,14,17,19,22-23H,4-5,7-8,13H2,1-2H3/b6-3-. The van der Waals surface area contributed by atoms with E-state index < -0.39 is 6.29 Å². The minimum Gasteiger partial charge on any atom is -0.368 e. The zero-order chi connectivity index (χ0) is 16.8. The maximum absolute atomic E-state index is 11.9. The maximum atomic E-state index is 11.9. The van der Waals surface area contributed by atoms with E-state index in [1.165, 1.54) is 11.1 Å². The molecule has 0 spiro atoms. The van der Waals surface area contributed by atoms with Crippen LogP contribution in [0.4, 0.5) is 0 Å². The zero-order valence-corrected chi connectivity index (χ0v) is 14.0. The van der Waals surface area contributed by atoms with Gasteiger partial charge >= 0.3 is 0 Å². The van der Waals surface area contributed by atoms with Crippen LogP contribution in [-0.4, -0.2) is 33.4 Å². The van der Waals surface area contributed by atoms with Crippen molar-refractivity contribution < 1.29 is 15.0 Å². The number of carbonyl (C=O) groups is 1. The molecule has 1 amide bonds. The summed E-state index contributed by atoms with van der Waals surface area (Å²) in [6.45, 7) is 4.02. The highest BCUT2D eigenvalue weighted by molar-refractivity contribution is 5.84. The first-order valence-electron chi connectivity index (χ1n) is 8.42. The first kappa shape index (κ1) is 17.7. The number of benzene rings is 1. The molecule has 2 unspecified atom stereocenters. The molecule has 0 saturated carbocycles. The zero-order valence-electron chi connectivity index (χ0n) is 14.0. The van der Waals surface area contributed by atoms with Crippen LogP contribution >= 0.6 is 0 Å². The molecule has 1 heterocycles. The van der Waals surface area contributed by atoms with E-state index in [0.29, 0.717) is 12.8 Å². The van der Waals surface area contributed by atoms with Crippen LogP contribution in [-0.2, 0) is 11.2 Å². The van der Waals surface area contributed by atoms with Crippen LogP contribution in [0.2, 0.25) is 0 Å². The normalized spacial score (nSPS) is 19.4. The van der Waals surface area contributed by atoms with E-state index in [9.17, 15) is 4.79 Å². The number of β-lactam (4-membered cyclic amide) rings is 1. The average molecular weight is 317 g/mol. The quantitative estimate of drug-likeness (QED) is 0.335. The molecular weight excluding hydrogens is 290 g/mol. The molecule has 1 aliphatic rings. The highest BCUT2D eigenvalue weighted by Crippen LogP contribution is 2.36. The molecule has 0 aliphatic carbocycles. The van der Waals surface area contributed by atoms with Crippen molar-refractivity contribution in [3.8, 4) is 0 Å². The highest BCUT2D eigenvalue weighted by Gasteiger charge is 2.39. The maximum Gasteiger partial charge on any atom is 0.226 e. The largest absolute Gasteiger partial charge is 0.368 e. The van der Waals surface area contributed by atoms with Crippen LogP contribution in [0, 0.1) is 0 Å². The molecule has 0 aromatic heterocycles. The molecule has 2 atom stereocenters. The predicted molar refractivity (Wildman–Crippen MR) is 90.7 cm³/mol. The molecule has 2 N–H and O–H groups in total. The van der Waals surface area contributed by atoms with Gasteiger partial charge in [-0.3, -0.25) is 4.79 Å². The minimum atomic E-state index is -1.20. The van der Waals surface area contributed by atoms with Gasteiger partial charge in [-0.2, -0.15) is 0 Å². The van der Waals surface area contributed by atoms with Gasteiger partial charge < -0.3 is 15.1 Å². The Labute approximate surface area is 138 Å². The van der Waals surface area contributed by atoms with E-state index >= 15 is 0 Å². The first-order valence-corrected chi connectivity index (χ1v) is 8.42. The SMILES string of the molecule is C/C=C\C(C)N1C(=O)CC1c1ccc(CCCCC(O)O)cc1. The lowest BCUT2D eigenvalue weighted by Crippen LogP contribution is -2.50. The number of unbranched alkanes of at least 4 members (excludes halogenated alkanes) is 1.